The summed E-state index contributed by atoms with van der Waals surface area (Å²) in [6, 6.07) is 6.89. The normalized spacial score (nSPS) is 10.5. The van der Waals surface area contributed by atoms with Crippen LogP contribution in [-0.2, 0) is 14.3 Å². The molecule has 0 atom stereocenters. The summed E-state index contributed by atoms with van der Waals surface area (Å²) in [6.07, 6.45) is 8.67. The van der Waals surface area contributed by atoms with Crippen LogP contribution in [0.15, 0.2) is 24.3 Å². The third kappa shape index (κ3) is 10.8. The van der Waals surface area contributed by atoms with E-state index in [1.54, 1.807) is 24.3 Å². The van der Waals surface area contributed by atoms with E-state index in [-0.39, 0.29) is 11.9 Å². The molecule has 1 aromatic carbocycles. The van der Waals surface area contributed by atoms with Crippen LogP contribution >= 0.6 is 11.6 Å². The second kappa shape index (κ2) is 13.7. The second-order valence-electron chi connectivity index (χ2n) is 6.10. The van der Waals surface area contributed by atoms with E-state index >= 15 is 0 Å². The van der Waals surface area contributed by atoms with Gasteiger partial charge in [0.1, 0.15) is 5.75 Å². The van der Waals surface area contributed by atoms with Crippen LogP contribution in [0.25, 0.3) is 0 Å². The van der Waals surface area contributed by atoms with Gasteiger partial charge in [-0.1, -0.05) is 62.8 Å². The van der Waals surface area contributed by atoms with Gasteiger partial charge in [0.2, 0.25) is 0 Å². The maximum absolute atomic E-state index is 11.7. The molecule has 4 nitrogen and oxygen atoms in total. The summed E-state index contributed by atoms with van der Waals surface area (Å²) in [5, 5.41) is 0.424. The molecule has 0 aliphatic carbocycles. The molecule has 0 amide bonds. The predicted molar refractivity (Wildman–Crippen MR) is 99.9 cm³/mol. The van der Waals surface area contributed by atoms with Crippen LogP contribution < -0.4 is 4.74 Å². The van der Waals surface area contributed by atoms with Gasteiger partial charge in [0.05, 0.1) is 11.6 Å². The number of carbonyl (C=O) groups is 2. The SMILES string of the molecule is CCCCCCCOC(=O)CCCCCC(=O)Oc1ccccc1Cl. The first-order valence-electron chi connectivity index (χ1n) is 9.24. The molecule has 0 aromatic heterocycles. The molecule has 0 radical (unpaired) electrons. The fourth-order valence-corrected chi connectivity index (χ4v) is 2.55. The van der Waals surface area contributed by atoms with Gasteiger partial charge in [-0.15, -0.1) is 0 Å². The van der Waals surface area contributed by atoms with E-state index in [2.05, 4.69) is 6.92 Å². The Morgan fingerprint density at radius 1 is 0.880 bits per heavy atom. The Hall–Kier alpha value is -1.55. The lowest BCUT2D eigenvalue weighted by atomic mass is 10.1. The number of ether oxygens (including phenoxy) is 2. The van der Waals surface area contributed by atoms with Crippen molar-refractivity contribution in [2.24, 2.45) is 0 Å². The topological polar surface area (TPSA) is 52.6 Å². The largest absolute Gasteiger partial charge is 0.466 e. The van der Waals surface area contributed by atoms with Crippen molar-refractivity contribution in [2.45, 2.75) is 71.1 Å². The lowest BCUT2D eigenvalue weighted by Gasteiger charge is -2.06. The maximum atomic E-state index is 11.7. The third-order valence-electron chi connectivity index (χ3n) is 3.83. The Morgan fingerprint density at radius 2 is 1.52 bits per heavy atom. The number of esters is 2. The molecule has 0 aliphatic heterocycles. The molecule has 0 heterocycles. The molecule has 0 unspecified atom stereocenters. The number of halogens is 1. The molecule has 5 heteroatoms. The van der Waals surface area contributed by atoms with Crippen LogP contribution in [0.5, 0.6) is 5.75 Å². The minimum absolute atomic E-state index is 0.144. The van der Waals surface area contributed by atoms with E-state index in [9.17, 15) is 9.59 Å². The smallest absolute Gasteiger partial charge is 0.311 e. The molecule has 1 aromatic rings. The fraction of sp³-hybridized carbons (Fsp3) is 0.600. The standard InChI is InChI=1S/C20H29ClO4/c1-2-3-4-5-11-16-24-19(22)14-7-6-8-15-20(23)25-18-13-10-9-12-17(18)21/h9-10,12-13H,2-8,11,14-16H2,1H3. The molecule has 140 valence electrons. The van der Waals surface area contributed by atoms with Gasteiger partial charge in [0.25, 0.3) is 0 Å². The first-order chi connectivity index (χ1) is 12.1. The second-order valence-corrected chi connectivity index (χ2v) is 6.51. The molecule has 0 N–H and O–H groups in total. The van der Waals surface area contributed by atoms with E-state index in [4.69, 9.17) is 21.1 Å². The van der Waals surface area contributed by atoms with Crippen molar-refractivity contribution in [1.29, 1.82) is 0 Å². The van der Waals surface area contributed by atoms with Gasteiger partial charge in [0.15, 0.2) is 0 Å². The lowest BCUT2D eigenvalue weighted by Crippen LogP contribution is -2.08. The average Bonchev–Trinajstić information content (AvgIpc) is 2.59. The Bertz CT molecular complexity index is 516. The first-order valence-corrected chi connectivity index (χ1v) is 9.62. The van der Waals surface area contributed by atoms with E-state index in [1.807, 2.05) is 0 Å². The Kier molecular flexibility index (Phi) is 11.8. The maximum Gasteiger partial charge on any atom is 0.311 e. The molecule has 0 aliphatic rings. The average molecular weight is 369 g/mol. The highest BCUT2D eigenvalue weighted by atomic mass is 35.5. The Balaban J connectivity index is 1.99. The van der Waals surface area contributed by atoms with Gasteiger partial charge in [-0.25, -0.2) is 0 Å². The lowest BCUT2D eigenvalue weighted by molar-refractivity contribution is -0.143. The van der Waals surface area contributed by atoms with Crippen LogP contribution in [0.2, 0.25) is 5.02 Å². The van der Waals surface area contributed by atoms with Crippen LogP contribution in [0.4, 0.5) is 0 Å². The summed E-state index contributed by atoms with van der Waals surface area (Å²) in [6.45, 7) is 2.70. The minimum Gasteiger partial charge on any atom is -0.466 e. The van der Waals surface area contributed by atoms with Crippen molar-refractivity contribution in [3.8, 4) is 5.75 Å². The number of para-hydroxylation sites is 1. The van der Waals surface area contributed by atoms with Crippen molar-refractivity contribution in [3.05, 3.63) is 29.3 Å². The molecular formula is C20H29ClO4. The highest BCUT2D eigenvalue weighted by Crippen LogP contribution is 2.23. The zero-order valence-electron chi connectivity index (χ0n) is 15.1. The van der Waals surface area contributed by atoms with Crippen molar-refractivity contribution in [3.63, 3.8) is 0 Å². The number of benzene rings is 1. The van der Waals surface area contributed by atoms with E-state index in [0.29, 0.717) is 36.6 Å². The fourth-order valence-electron chi connectivity index (χ4n) is 2.38. The van der Waals surface area contributed by atoms with Crippen LogP contribution in [0.1, 0.15) is 71.1 Å². The quantitative estimate of drug-likeness (QED) is 0.254. The van der Waals surface area contributed by atoms with Crippen molar-refractivity contribution in [2.75, 3.05) is 6.61 Å². The summed E-state index contributed by atoms with van der Waals surface area (Å²) in [7, 11) is 0. The van der Waals surface area contributed by atoms with E-state index < -0.39 is 0 Å². The summed E-state index contributed by atoms with van der Waals surface area (Å²) < 4.78 is 10.4. The van der Waals surface area contributed by atoms with Crippen LogP contribution in [0, 0.1) is 0 Å². The Labute approximate surface area is 155 Å². The third-order valence-corrected chi connectivity index (χ3v) is 4.15. The van der Waals surface area contributed by atoms with Crippen molar-refractivity contribution < 1.29 is 19.1 Å². The predicted octanol–water partition coefficient (Wildman–Crippen LogP) is 5.71. The van der Waals surface area contributed by atoms with E-state index in [1.165, 1.54) is 19.3 Å². The first kappa shape index (κ1) is 21.5. The monoisotopic (exact) mass is 368 g/mol. The number of rotatable bonds is 13. The molecule has 0 fully saturated rings. The summed E-state index contributed by atoms with van der Waals surface area (Å²) in [5.41, 5.74) is 0. The van der Waals surface area contributed by atoms with Gasteiger partial charge in [-0.2, -0.15) is 0 Å². The summed E-state index contributed by atoms with van der Waals surface area (Å²) >= 11 is 5.94. The van der Waals surface area contributed by atoms with E-state index in [0.717, 1.165) is 25.7 Å². The molecule has 0 saturated carbocycles. The summed E-state index contributed by atoms with van der Waals surface area (Å²) in [4.78, 5) is 23.3. The zero-order chi connectivity index (χ0) is 18.3. The zero-order valence-corrected chi connectivity index (χ0v) is 15.9. The highest BCUT2D eigenvalue weighted by molar-refractivity contribution is 6.32. The molecular weight excluding hydrogens is 340 g/mol. The highest BCUT2D eigenvalue weighted by Gasteiger charge is 2.08. The molecule has 0 saturated heterocycles. The van der Waals surface area contributed by atoms with Crippen molar-refractivity contribution >= 4 is 23.5 Å². The molecule has 0 spiro atoms. The minimum atomic E-state index is -0.303. The van der Waals surface area contributed by atoms with Crippen molar-refractivity contribution in [1.82, 2.24) is 0 Å². The number of hydrogen-bond acceptors (Lipinski definition) is 4. The van der Waals surface area contributed by atoms with Gasteiger partial charge < -0.3 is 9.47 Å². The van der Waals surface area contributed by atoms with Crippen LogP contribution in [0.3, 0.4) is 0 Å². The number of hydrogen-bond donors (Lipinski definition) is 0. The van der Waals surface area contributed by atoms with Gasteiger partial charge >= 0.3 is 11.9 Å². The summed E-state index contributed by atoms with van der Waals surface area (Å²) in [5.74, 6) is -0.0615. The number of unbranched alkanes of at least 4 members (excludes halogenated alkanes) is 6. The van der Waals surface area contributed by atoms with Gasteiger partial charge in [0, 0.05) is 12.8 Å². The number of carbonyl (C=O) groups excluding carboxylic acids is 2. The molecule has 0 bridgehead atoms. The van der Waals surface area contributed by atoms with Gasteiger partial charge in [-0.3, -0.25) is 9.59 Å². The molecule has 1 rings (SSSR count). The molecule has 25 heavy (non-hydrogen) atoms. The van der Waals surface area contributed by atoms with Gasteiger partial charge in [-0.05, 0) is 31.4 Å². The van der Waals surface area contributed by atoms with Crippen LogP contribution in [-0.4, -0.2) is 18.5 Å². The Morgan fingerprint density at radius 3 is 2.24 bits per heavy atom.